The van der Waals surface area contributed by atoms with Crippen molar-refractivity contribution < 1.29 is 13.6 Å². The van der Waals surface area contributed by atoms with E-state index in [2.05, 4.69) is 0 Å². The summed E-state index contributed by atoms with van der Waals surface area (Å²) in [4.78, 5) is 13.1. The molecule has 0 radical (unpaired) electrons. The van der Waals surface area contributed by atoms with Gasteiger partial charge in [0.2, 0.25) is 0 Å². The van der Waals surface area contributed by atoms with E-state index < -0.39 is 23.1 Å². The Bertz CT molecular complexity index is 421. The maximum absolute atomic E-state index is 13.7. The van der Waals surface area contributed by atoms with E-state index in [9.17, 15) is 13.6 Å². The Hall–Kier alpha value is -1.49. The molecule has 1 aromatic carbocycles. The normalized spacial score (nSPS) is 10.4. The van der Waals surface area contributed by atoms with Gasteiger partial charge in [-0.05, 0) is 31.5 Å². The average molecular weight is 242 g/mol. The van der Waals surface area contributed by atoms with Crippen LogP contribution < -0.4 is 5.73 Å². The first-order valence-electron chi connectivity index (χ1n) is 5.39. The van der Waals surface area contributed by atoms with E-state index >= 15 is 0 Å². The van der Waals surface area contributed by atoms with Crippen molar-refractivity contribution in [3.63, 3.8) is 0 Å². The molecular formula is C12H16F2N2O. The van der Waals surface area contributed by atoms with Crippen LogP contribution in [0.3, 0.4) is 0 Å². The van der Waals surface area contributed by atoms with Crippen LogP contribution >= 0.6 is 0 Å². The predicted octanol–water partition coefficient (Wildman–Crippen LogP) is 1.69. The highest BCUT2D eigenvalue weighted by Crippen LogP contribution is 2.17. The van der Waals surface area contributed by atoms with Crippen molar-refractivity contribution in [3.8, 4) is 0 Å². The minimum absolute atomic E-state index is 0.252. The number of aryl methyl sites for hydroxylation is 1. The molecule has 0 heterocycles. The second kappa shape index (κ2) is 5.72. The van der Waals surface area contributed by atoms with E-state index in [-0.39, 0.29) is 5.56 Å². The topological polar surface area (TPSA) is 46.3 Å². The Balaban J connectivity index is 2.99. The second-order valence-corrected chi connectivity index (χ2v) is 3.92. The number of carbonyl (C=O) groups is 1. The van der Waals surface area contributed by atoms with Gasteiger partial charge in [0.05, 0.1) is 0 Å². The maximum atomic E-state index is 13.7. The molecule has 0 aliphatic rings. The van der Waals surface area contributed by atoms with Crippen molar-refractivity contribution in [2.24, 2.45) is 5.73 Å². The van der Waals surface area contributed by atoms with Crippen LogP contribution in [-0.2, 0) is 0 Å². The van der Waals surface area contributed by atoms with Gasteiger partial charge in [0.15, 0.2) is 0 Å². The summed E-state index contributed by atoms with van der Waals surface area (Å²) in [6.07, 6.45) is 0.595. The van der Waals surface area contributed by atoms with E-state index in [1.807, 2.05) is 0 Å². The molecule has 0 aliphatic carbocycles. The van der Waals surface area contributed by atoms with Crippen molar-refractivity contribution in [2.75, 3.05) is 20.1 Å². The molecule has 0 atom stereocenters. The Morgan fingerprint density at radius 1 is 1.41 bits per heavy atom. The molecule has 0 aliphatic heterocycles. The van der Waals surface area contributed by atoms with Crippen LogP contribution in [0, 0.1) is 18.6 Å². The average Bonchev–Trinajstić information content (AvgIpc) is 2.31. The summed E-state index contributed by atoms with van der Waals surface area (Å²) in [6.45, 7) is 2.30. The lowest BCUT2D eigenvalue weighted by atomic mass is 10.1. The smallest absolute Gasteiger partial charge is 0.259 e. The third kappa shape index (κ3) is 3.00. The monoisotopic (exact) mass is 242 g/mol. The molecule has 0 aromatic heterocycles. The fourth-order valence-electron chi connectivity index (χ4n) is 1.47. The molecule has 0 bridgehead atoms. The Kier molecular flexibility index (Phi) is 4.57. The highest BCUT2D eigenvalue weighted by atomic mass is 19.1. The zero-order valence-electron chi connectivity index (χ0n) is 9.96. The van der Waals surface area contributed by atoms with Gasteiger partial charge in [0.25, 0.3) is 5.91 Å². The summed E-state index contributed by atoms with van der Waals surface area (Å²) in [5.41, 5.74) is 5.07. The number of amides is 1. The van der Waals surface area contributed by atoms with Gasteiger partial charge < -0.3 is 10.6 Å². The first-order valence-corrected chi connectivity index (χ1v) is 5.39. The molecule has 0 fully saturated rings. The van der Waals surface area contributed by atoms with Crippen LogP contribution in [-0.4, -0.2) is 30.9 Å². The standard InChI is InChI=1S/C12H16F2N2O/c1-8-4-5-9(13)10(11(8)14)12(17)16(2)7-3-6-15/h4-5H,3,6-7,15H2,1-2H3. The van der Waals surface area contributed by atoms with E-state index in [1.54, 1.807) is 0 Å². The maximum Gasteiger partial charge on any atom is 0.259 e. The number of hydrogen-bond donors (Lipinski definition) is 1. The first kappa shape index (κ1) is 13.6. The number of halogens is 2. The molecule has 1 rings (SSSR count). The molecule has 2 N–H and O–H groups in total. The van der Waals surface area contributed by atoms with E-state index in [0.717, 1.165) is 6.07 Å². The van der Waals surface area contributed by atoms with Gasteiger partial charge in [-0.3, -0.25) is 4.79 Å². The quantitative estimate of drug-likeness (QED) is 0.873. The lowest BCUT2D eigenvalue weighted by Crippen LogP contribution is -2.30. The van der Waals surface area contributed by atoms with Crippen molar-refractivity contribution in [1.29, 1.82) is 0 Å². The van der Waals surface area contributed by atoms with Crippen LogP contribution in [0.2, 0.25) is 0 Å². The van der Waals surface area contributed by atoms with E-state index in [0.29, 0.717) is 19.5 Å². The van der Waals surface area contributed by atoms with Gasteiger partial charge in [0, 0.05) is 13.6 Å². The third-order valence-corrected chi connectivity index (χ3v) is 2.54. The van der Waals surface area contributed by atoms with Gasteiger partial charge in [0.1, 0.15) is 17.2 Å². The zero-order valence-corrected chi connectivity index (χ0v) is 9.96. The fourth-order valence-corrected chi connectivity index (χ4v) is 1.47. The first-order chi connectivity index (χ1) is 7.99. The van der Waals surface area contributed by atoms with Crippen LogP contribution in [0.4, 0.5) is 8.78 Å². The molecule has 0 saturated heterocycles. The van der Waals surface area contributed by atoms with Crippen molar-refractivity contribution in [1.82, 2.24) is 4.90 Å². The second-order valence-electron chi connectivity index (χ2n) is 3.92. The number of carbonyl (C=O) groups excluding carboxylic acids is 1. The molecule has 3 nitrogen and oxygen atoms in total. The zero-order chi connectivity index (χ0) is 13.0. The number of benzene rings is 1. The SMILES string of the molecule is Cc1ccc(F)c(C(=O)N(C)CCCN)c1F. The molecule has 17 heavy (non-hydrogen) atoms. The summed E-state index contributed by atoms with van der Waals surface area (Å²) in [5, 5.41) is 0. The van der Waals surface area contributed by atoms with Crippen LogP contribution in [0.25, 0.3) is 0 Å². The Morgan fingerprint density at radius 2 is 2.06 bits per heavy atom. The molecule has 5 heteroatoms. The lowest BCUT2D eigenvalue weighted by Gasteiger charge is -2.17. The largest absolute Gasteiger partial charge is 0.341 e. The Labute approximate surface area is 99.2 Å². The van der Waals surface area contributed by atoms with Gasteiger partial charge >= 0.3 is 0 Å². The fraction of sp³-hybridized carbons (Fsp3) is 0.417. The van der Waals surface area contributed by atoms with Crippen LogP contribution in [0.15, 0.2) is 12.1 Å². The van der Waals surface area contributed by atoms with Gasteiger partial charge in [-0.15, -0.1) is 0 Å². The van der Waals surface area contributed by atoms with Crippen molar-refractivity contribution in [2.45, 2.75) is 13.3 Å². The summed E-state index contributed by atoms with van der Waals surface area (Å²) < 4.78 is 27.1. The Morgan fingerprint density at radius 3 is 2.65 bits per heavy atom. The summed E-state index contributed by atoms with van der Waals surface area (Å²) in [6, 6.07) is 2.41. The van der Waals surface area contributed by atoms with Gasteiger partial charge in [-0.1, -0.05) is 6.07 Å². The number of hydrogen-bond acceptors (Lipinski definition) is 2. The van der Waals surface area contributed by atoms with Crippen LogP contribution in [0.5, 0.6) is 0 Å². The number of nitrogens with zero attached hydrogens (tertiary/aromatic N) is 1. The third-order valence-electron chi connectivity index (χ3n) is 2.54. The number of nitrogens with two attached hydrogens (primary N) is 1. The molecular weight excluding hydrogens is 226 g/mol. The summed E-state index contributed by atoms with van der Waals surface area (Å²) in [7, 11) is 1.50. The molecule has 1 aromatic rings. The molecule has 0 spiro atoms. The predicted molar refractivity (Wildman–Crippen MR) is 61.7 cm³/mol. The summed E-state index contributed by atoms with van der Waals surface area (Å²) >= 11 is 0. The molecule has 0 unspecified atom stereocenters. The van der Waals surface area contributed by atoms with Gasteiger partial charge in [-0.2, -0.15) is 0 Å². The van der Waals surface area contributed by atoms with Crippen molar-refractivity contribution in [3.05, 3.63) is 34.9 Å². The highest BCUT2D eigenvalue weighted by molar-refractivity contribution is 5.94. The minimum atomic E-state index is -0.835. The van der Waals surface area contributed by atoms with Crippen molar-refractivity contribution >= 4 is 5.91 Å². The highest BCUT2D eigenvalue weighted by Gasteiger charge is 2.21. The molecule has 94 valence electrons. The summed E-state index contributed by atoms with van der Waals surface area (Å²) in [5.74, 6) is -2.29. The van der Waals surface area contributed by atoms with Gasteiger partial charge in [-0.25, -0.2) is 8.78 Å². The molecule has 0 saturated carbocycles. The number of rotatable bonds is 4. The molecule has 1 amide bonds. The van der Waals surface area contributed by atoms with Crippen LogP contribution in [0.1, 0.15) is 22.3 Å². The minimum Gasteiger partial charge on any atom is -0.341 e. The van der Waals surface area contributed by atoms with E-state index in [4.69, 9.17) is 5.73 Å². The van der Waals surface area contributed by atoms with E-state index in [1.165, 1.54) is 24.9 Å². The lowest BCUT2D eigenvalue weighted by molar-refractivity contribution is 0.0784.